The number of carbonyl (C=O) groups excluding carboxylic acids is 2. The molecule has 0 bridgehead atoms. The summed E-state index contributed by atoms with van der Waals surface area (Å²) in [5.41, 5.74) is 2.81. The molecule has 0 saturated heterocycles. The predicted molar refractivity (Wildman–Crippen MR) is 128 cm³/mol. The van der Waals surface area contributed by atoms with Gasteiger partial charge >= 0.3 is 0 Å². The Hall–Kier alpha value is -5.19. The minimum atomic E-state index is -1.29. The smallest absolute Gasteiger partial charge is 0.272 e. The molecule has 0 unspecified atom stereocenters. The van der Waals surface area contributed by atoms with Gasteiger partial charge in [-0.05, 0) is 35.9 Å². The van der Waals surface area contributed by atoms with Crippen LogP contribution >= 0.6 is 0 Å². The summed E-state index contributed by atoms with van der Waals surface area (Å²) in [7, 11) is 0. The number of nitrogens with one attached hydrogen (secondary N) is 3. The van der Waals surface area contributed by atoms with Crippen LogP contribution in [0.4, 0.5) is 5.69 Å². The molecule has 2 amide bonds. The highest BCUT2D eigenvalue weighted by Gasteiger charge is 2.27. The predicted octanol–water partition coefficient (Wildman–Crippen LogP) is 2.45. The molecule has 0 radical (unpaired) electrons. The van der Waals surface area contributed by atoms with Gasteiger partial charge in [0.2, 0.25) is 0 Å². The minimum absolute atomic E-state index is 0.0779. The molecule has 4 rings (SSSR count). The van der Waals surface area contributed by atoms with Crippen LogP contribution in [0, 0.1) is 10.1 Å². The number of fused-ring (bicyclic) bond motifs is 1. The molecule has 1 aromatic heterocycles. The summed E-state index contributed by atoms with van der Waals surface area (Å²) in [6.45, 7) is 0. The van der Waals surface area contributed by atoms with Gasteiger partial charge in [-0.2, -0.15) is 10.2 Å². The molecule has 1 heterocycles. The van der Waals surface area contributed by atoms with E-state index in [1.165, 1.54) is 30.5 Å². The Morgan fingerprint density at radius 3 is 2.31 bits per heavy atom. The van der Waals surface area contributed by atoms with Crippen LogP contribution in [0.15, 0.2) is 88.8 Å². The lowest BCUT2D eigenvalue weighted by molar-refractivity contribution is -0.384. The molecule has 0 spiro atoms. The van der Waals surface area contributed by atoms with Crippen LogP contribution in [0.25, 0.3) is 10.8 Å². The molecule has 0 fully saturated rings. The Morgan fingerprint density at radius 2 is 1.63 bits per heavy atom. The first-order chi connectivity index (χ1) is 16.9. The summed E-state index contributed by atoms with van der Waals surface area (Å²) in [4.78, 5) is 48.4. The second kappa shape index (κ2) is 10.2. The fourth-order valence-corrected chi connectivity index (χ4v) is 3.34. The molecule has 0 aliphatic carbocycles. The van der Waals surface area contributed by atoms with Crippen molar-refractivity contribution in [2.45, 2.75) is 6.04 Å². The highest BCUT2D eigenvalue weighted by Crippen LogP contribution is 2.20. The van der Waals surface area contributed by atoms with Crippen molar-refractivity contribution in [3.63, 3.8) is 0 Å². The van der Waals surface area contributed by atoms with Crippen LogP contribution in [0.1, 0.15) is 27.7 Å². The van der Waals surface area contributed by atoms with Crippen LogP contribution in [0.3, 0.4) is 0 Å². The summed E-state index contributed by atoms with van der Waals surface area (Å²) in [6.07, 6.45) is 1.30. The molecule has 3 aromatic carbocycles. The van der Waals surface area contributed by atoms with E-state index in [4.69, 9.17) is 0 Å². The number of nitrogens with zero attached hydrogens (tertiary/aromatic N) is 3. The van der Waals surface area contributed by atoms with Gasteiger partial charge in [0.25, 0.3) is 23.1 Å². The summed E-state index contributed by atoms with van der Waals surface area (Å²) in [6, 6.07) is 19.2. The number of carbonyl (C=O) groups is 2. The summed E-state index contributed by atoms with van der Waals surface area (Å²) in [5.74, 6) is -1.24. The topological polar surface area (TPSA) is 159 Å². The van der Waals surface area contributed by atoms with Gasteiger partial charge in [0.15, 0.2) is 6.04 Å². The van der Waals surface area contributed by atoms with Gasteiger partial charge in [-0.15, -0.1) is 0 Å². The SMILES string of the molecule is O=C(N[C@@H](C(=O)N/N=C/c1ccc([N+](=O)[O-])cc1)c1n[nH]c(=O)c2ccccc12)c1ccccc1. The lowest BCUT2D eigenvalue weighted by atomic mass is 10.0. The van der Waals surface area contributed by atoms with E-state index in [9.17, 15) is 24.5 Å². The quantitative estimate of drug-likeness (QED) is 0.214. The van der Waals surface area contributed by atoms with Crippen molar-refractivity contribution in [2.75, 3.05) is 0 Å². The van der Waals surface area contributed by atoms with Crippen molar-refractivity contribution in [2.24, 2.45) is 5.10 Å². The van der Waals surface area contributed by atoms with E-state index in [1.807, 2.05) is 0 Å². The standard InChI is InChI=1S/C24H18N6O5/c31-22(16-6-2-1-3-7-16)26-21(20-18-8-4-5-9-19(18)23(32)29-27-20)24(33)28-25-14-15-10-12-17(13-11-15)30(34)35/h1-14,21H,(H,26,31)(H,28,33)(H,29,32)/b25-14+/t21-/m1/s1. The third kappa shape index (κ3) is 5.25. The third-order valence-corrected chi connectivity index (χ3v) is 5.06. The van der Waals surface area contributed by atoms with E-state index in [-0.39, 0.29) is 11.4 Å². The molecule has 3 N–H and O–H groups in total. The molecule has 11 heteroatoms. The molecule has 35 heavy (non-hydrogen) atoms. The molecule has 11 nitrogen and oxygen atoms in total. The van der Waals surface area contributed by atoms with Crippen molar-refractivity contribution in [1.82, 2.24) is 20.9 Å². The number of benzene rings is 3. The van der Waals surface area contributed by atoms with Crippen molar-refractivity contribution < 1.29 is 14.5 Å². The van der Waals surface area contributed by atoms with Crippen LogP contribution in [-0.4, -0.2) is 33.1 Å². The van der Waals surface area contributed by atoms with Crippen LogP contribution in [0.2, 0.25) is 0 Å². The number of rotatable bonds is 7. The van der Waals surface area contributed by atoms with Gasteiger partial charge < -0.3 is 5.32 Å². The molecule has 4 aromatic rings. The number of nitro groups is 1. The molecule has 1 atom stereocenters. The van der Waals surface area contributed by atoms with Gasteiger partial charge in [-0.1, -0.05) is 36.4 Å². The van der Waals surface area contributed by atoms with Gasteiger partial charge in [0.05, 0.1) is 16.5 Å². The van der Waals surface area contributed by atoms with Gasteiger partial charge in [0.1, 0.15) is 5.69 Å². The molecular formula is C24H18N6O5. The lowest BCUT2D eigenvalue weighted by Crippen LogP contribution is -2.40. The third-order valence-electron chi connectivity index (χ3n) is 5.06. The first-order valence-corrected chi connectivity index (χ1v) is 10.3. The highest BCUT2D eigenvalue weighted by molar-refractivity contribution is 5.99. The Bertz CT molecular complexity index is 1480. The van der Waals surface area contributed by atoms with Gasteiger partial charge in [-0.3, -0.25) is 24.5 Å². The Kier molecular flexibility index (Phi) is 6.68. The van der Waals surface area contributed by atoms with Gasteiger partial charge in [0, 0.05) is 23.1 Å². The number of nitro benzene ring substituents is 1. The number of aromatic nitrogens is 2. The van der Waals surface area contributed by atoms with Crippen LogP contribution in [0.5, 0.6) is 0 Å². The van der Waals surface area contributed by atoms with E-state index in [0.717, 1.165) is 0 Å². The Labute approximate surface area is 197 Å². The summed E-state index contributed by atoms with van der Waals surface area (Å²) in [5, 5.41) is 24.4. The number of hydrogen-bond donors (Lipinski definition) is 3. The number of amides is 2. The van der Waals surface area contributed by atoms with Crippen molar-refractivity contribution in [1.29, 1.82) is 0 Å². The molecule has 0 aliphatic heterocycles. The summed E-state index contributed by atoms with van der Waals surface area (Å²) >= 11 is 0. The Balaban J connectivity index is 1.63. The molecule has 0 aliphatic rings. The van der Waals surface area contributed by atoms with E-state index >= 15 is 0 Å². The van der Waals surface area contributed by atoms with E-state index in [0.29, 0.717) is 21.9 Å². The van der Waals surface area contributed by atoms with E-state index in [2.05, 4.69) is 26.0 Å². The van der Waals surface area contributed by atoms with Crippen molar-refractivity contribution >= 4 is 34.5 Å². The second-order valence-electron chi connectivity index (χ2n) is 7.34. The second-order valence-corrected chi connectivity index (χ2v) is 7.34. The number of H-pyrrole nitrogens is 1. The van der Waals surface area contributed by atoms with Crippen molar-refractivity contribution in [3.05, 3.63) is 116 Å². The molecule has 0 saturated carbocycles. The number of aromatic amines is 1. The van der Waals surface area contributed by atoms with Crippen LogP contribution < -0.4 is 16.3 Å². The summed E-state index contributed by atoms with van der Waals surface area (Å²) < 4.78 is 0. The largest absolute Gasteiger partial charge is 0.335 e. The average Bonchev–Trinajstić information content (AvgIpc) is 2.88. The zero-order chi connectivity index (χ0) is 24.8. The van der Waals surface area contributed by atoms with Crippen LogP contribution in [-0.2, 0) is 4.79 Å². The number of non-ortho nitro benzene ring substituents is 1. The molecule has 174 valence electrons. The number of hydrazone groups is 1. The zero-order valence-corrected chi connectivity index (χ0v) is 18.0. The zero-order valence-electron chi connectivity index (χ0n) is 18.0. The molecular weight excluding hydrogens is 452 g/mol. The average molecular weight is 470 g/mol. The highest BCUT2D eigenvalue weighted by atomic mass is 16.6. The first-order valence-electron chi connectivity index (χ1n) is 10.3. The van der Waals surface area contributed by atoms with Gasteiger partial charge in [-0.25, -0.2) is 10.5 Å². The van der Waals surface area contributed by atoms with Crippen molar-refractivity contribution in [3.8, 4) is 0 Å². The minimum Gasteiger partial charge on any atom is -0.335 e. The fourth-order valence-electron chi connectivity index (χ4n) is 3.34. The lowest BCUT2D eigenvalue weighted by Gasteiger charge is -2.18. The fraction of sp³-hybridized carbons (Fsp3) is 0.0417. The van der Waals surface area contributed by atoms with E-state index < -0.39 is 28.3 Å². The van der Waals surface area contributed by atoms with E-state index in [1.54, 1.807) is 54.6 Å². The maximum atomic E-state index is 13.1. The Morgan fingerprint density at radius 1 is 0.971 bits per heavy atom. The monoisotopic (exact) mass is 470 g/mol. The maximum absolute atomic E-state index is 13.1. The normalized spacial score (nSPS) is 11.8. The number of hydrogen-bond acceptors (Lipinski definition) is 7. The first kappa shape index (κ1) is 23.0. The maximum Gasteiger partial charge on any atom is 0.272 e.